The summed E-state index contributed by atoms with van der Waals surface area (Å²) in [5.41, 5.74) is 1.79. The molecule has 1 N–H and O–H groups in total. The summed E-state index contributed by atoms with van der Waals surface area (Å²) in [6.07, 6.45) is 0.218. The number of rotatable bonds is 5. The number of hydrogen-bond donors (Lipinski definition) is 1. The van der Waals surface area contributed by atoms with E-state index in [1.165, 1.54) is 16.1 Å². The molecule has 2 aromatic rings. The van der Waals surface area contributed by atoms with Gasteiger partial charge in [-0.05, 0) is 31.9 Å². The number of para-hydroxylation sites is 1. The number of ether oxygens (including phenoxy) is 1. The highest BCUT2D eigenvalue weighted by Gasteiger charge is 2.38. The van der Waals surface area contributed by atoms with Crippen molar-refractivity contribution in [2.24, 2.45) is 0 Å². The van der Waals surface area contributed by atoms with Crippen molar-refractivity contribution in [3.05, 3.63) is 41.2 Å². The molecule has 0 saturated heterocycles. The van der Waals surface area contributed by atoms with E-state index in [1.807, 2.05) is 0 Å². The van der Waals surface area contributed by atoms with Gasteiger partial charge in [0.25, 0.3) is 10.0 Å². The van der Waals surface area contributed by atoms with Gasteiger partial charge >= 0.3 is 5.97 Å². The van der Waals surface area contributed by atoms with E-state index in [9.17, 15) is 18.3 Å². The number of benzene rings is 1. The molecule has 0 bridgehead atoms. The van der Waals surface area contributed by atoms with E-state index in [0.29, 0.717) is 22.6 Å². The summed E-state index contributed by atoms with van der Waals surface area (Å²) in [5, 5.41) is 13.7. The Kier molecular flexibility index (Phi) is 4.76. The molecule has 0 amide bonds. The number of methoxy groups -OCH3 is 1. The van der Waals surface area contributed by atoms with Crippen LogP contribution in [-0.2, 0) is 26.3 Å². The Hall–Kier alpha value is -2.39. The number of fused-ring (bicyclic) bond motifs is 1. The fourth-order valence-corrected chi connectivity index (χ4v) is 5.33. The highest BCUT2D eigenvalue weighted by molar-refractivity contribution is 7.93. The molecule has 1 atom stereocenters. The van der Waals surface area contributed by atoms with Gasteiger partial charge in [0.2, 0.25) is 0 Å². The zero-order valence-corrected chi connectivity index (χ0v) is 15.7. The third-order valence-corrected chi connectivity index (χ3v) is 6.68. The molecule has 1 unspecified atom stereocenters. The Morgan fingerprint density at radius 2 is 2.04 bits per heavy atom. The maximum absolute atomic E-state index is 13.4. The Bertz CT molecular complexity index is 951. The number of sulfonamides is 1. The largest absolute Gasteiger partial charge is 0.481 e. The number of carbonyl (C=O) groups is 1. The summed E-state index contributed by atoms with van der Waals surface area (Å²) < 4.78 is 34.6. The molecule has 1 aliphatic heterocycles. The minimum Gasteiger partial charge on any atom is -0.481 e. The molecule has 1 aliphatic rings. The Morgan fingerprint density at radius 3 is 2.69 bits per heavy atom. The van der Waals surface area contributed by atoms with E-state index in [0.717, 1.165) is 0 Å². The van der Waals surface area contributed by atoms with Crippen molar-refractivity contribution < 1.29 is 23.1 Å². The molecule has 26 heavy (non-hydrogen) atoms. The van der Waals surface area contributed by atoms with Crippen molar-refractivity contribution in [3.63, 3.8) is 0 Å². The summed E-state index contributed by atoms with van der Waals surface area (Å²) in [7, 11) is -2.37. The lowest BCUT2D eigenvalue weighted by Gasteiger charge is -2.33. The monoisotopic (exact) mass is 379 g/mol. The molecule has 1 aromatic carbocycles. The average molecular weight is 379 g/mol. The predicted molar refractivity (Wildman–Crippen MR) is 94.7 cm³/mol. The van der Waals surface area contributed by atoms with Gasteiger partial charge in [0.15, 0.2) is 0 Å². The lowest BCUT2D eigenvalue weighted by molar-refractivity contribution is -0.139. The van der Waals surface area contributed by atoms with Crippen molar-refractivity contribution in [2.75, 3.05) is 18.0 Å². The van der Waals surface area contributed by atoms with Gasteiger partial charge in [-0.1, -0.05) is 18.2 Å². The second kappa shape index (κ2) is 6.73. The van der Waals surface area contributed by atoms with Gasteiger partial charge < -0.3 is 9.84 Å². The van der Waals surface area contributed by atoms with Crippen LogP contribution in [0.2, 0.25) is 0 Å². The summed E-state index contributed by atoms with van der Waals surface area (Å²) in [4.78, 5) is 11.7. The zero-order chi connectivity index (χ0) is 19.1. The van der Waals surface area contributed by atoms with Gasteiger partial charge in [0.05, 0.1) is 23.0 Å². The fourth-order valence-electron chi connectivity index (χ4n) is 3.45. The molecule has 0 radical (unpaired) electrons. The van der Waals surface area contributed by atoms with Gasteiger partial charge in [0, 0.05) is 13.7 Å². The van der Waals surface area contributed by atoms with Gasteiger partial charge in [-0.25, -0.2) is 13.1 Å². The summed E-state index contributed by atoms with van der Waals surface area (Å²) >= 11 is 0. The van der Waals surface area contributed by atoms with Gasteiger partial charge in [-0.3, -0.25) is 9.10 Å². The molecule has 9 heteroatoms. The van der Waals surface area contributed by atoms with Gasteiger partial charge in [-0.15, -0.1) is 0 Å². The SMILES string of the molecule is COCn1nc(C)c(S(=O)(=O)N2CCC(C(=O)O)c3ccccc32)c1C. The number of hydrogen-bond acceptors (Lipinski definition) is 5. The zero-order valence-electron chi connectivity index (χ0n) is 14.8. The number of aliphatic carboxylic acids is 1. The van der Waals surface area contributed by atoms with Crippen LogP contribution in [-0.4, -0.2) is 42.9 Å². The lowest BCUT2D eigenvalue weighted by atomic mass is 9.91. The Morgan fingerprint density at radius 1 is 1.35 bits per heavy atom. The second-order valence-corrected chi connectivity index (χ2v) is 8.03. The van der Waals surface area contributed by atoms with Crippen LogP contribution < -0.4 is 4.31 Å². The highest BCUT2D eigenvalue weighted by Crippen LogP contribution is 2.39. The third kappa shape index (κ3) is 2.86. The van der Waals surface area contributed by atoms with Crippen LogP contribution in [0.4, 0.5) is 5.69 Å². The van der Waals surface area contributed by atoms with Crippen molar-refractivity contribution in [3.8, 4) is 0 Å². The van der Waals surface area contributed by atoms with Crippen molar-refractivity contribution in [1.82, 2.24) is 9.78 Å². The van der Waals surface area contributed by atoms with Crippen molar-refractivity contribution in [1.29, 1.82) is 0 Å². The average Bonchev–Trinajstić information content (AvgIpc) is 2.88. The molecule has 0 saturated carbocycles. The Balaban J connectivity index is 2.12. The number of nitrogens with zero attached hydrogens (tertiary/aromatic N) is 3. The standard InChI is InChI=1S/C17H21N3O5S/c1-11-16(12(2)19(18-11)10-25-3)26(23,24)20-9-8-14(17(21)22)13-6-4-5-7-15(13)20/h4-7,14H,8-10H2,1-3H3,(H,21,22). The molecule has 0 aliphatic carbocycles. The van der Waals surface area contributed by atoms with Crippen LogP contribution in [0.15, 0.2) is 29.2 Å². The maximum Gasteiger partial charge on any atom is 0.311 e. The minimum atomic E-state index is -3.88. The minimum absolute atomic E-state index is 0.102. The molecule has 1 aromatic heterocycles. The first-order chi connectivity index (χ1) is 12.3. The van der Waals surface area contributed by atoms with E-state index in [4.69, 9.17) is 4.74 Å². The van der Waals surface area contributed by atoms with Gasteiger partial charge in [0.1, 0.15) is 11.6 Å². The van der Waals surface area contributed by atoms with Crippen LogP contribution in [0, 0.1) is 13.8 Å². The van der Waals surface area contributed by atoms with Crippen LogP contribution in [0.1, 0.15) is 29.3 Å². The summed E-state index contributed by atoms with van der Waals surface area (Å²) in [6, 6.07) is 6.74. The number of carboxylic acid groups (broad SMARTS) is 1. The predicted octanol–water partition coefficient (Wildman–Crippen LogP) is 1.87. The first kappa shape index (κ1) is 18.4. The van der Waals surface area contributed by atoms with E-state index in [-0.39, 0.29) is 24.6 Å². The van der Waals surface area contributed by atoms with Crippen LogP contribution in [0.5, 0.6) is 0 Å². The molecular weight excluding hydrogens is 358 g/mol. The number of anilines is 1. The smallest absolute Gasteiger partial charge is 0.311 e. The molecule has 8 nitrogen and oxygen atoms in total. The fraction of sp³-hybridized carbons (Fsp3) is 0.412. The summed E-state index contributed by atoms with van der Waals surface area (Å²) in [6.45, 7) is 3.58. The highest BCUT2D eigenvalue weighted by atomic mass is 32.2. The molecule has 2 heterocycles. The van der Waals surface area contributed by atoms with Crippen molar-refractivity contribution >= 4 is 21.7 Å². The number of aryl methyl sites for hydroxylation is 1. The topological polar surface area (TPSA) is 102 Å². The van der Waals surface area contributed by atoms with Crippen LogP contribution >= 0.6 is 0 Å². The summed E-state index contributed by atoms with van der Waals surface area (Å²) in [5.74, 6) is -1.66. The second-order valence-electron chi connectivity index (χ2n) is 6.23. The number of carboxylic acids is 1. The maximum atomic E-state index is 13.4. The quantitative estimate of drug-likeness (QED) is 0.851. The lowest BCUT2D eigenvalue weighted by Crippen LogP contribution is -2.38. The number of aromatic nitrogens is 2. The molecular formula is C17H21N3O5S. The third-order valence-electron chi connectivity index (χ3n) is 4.61. The first-order valence-electron chi connectivity index (χ1n) is 8.16. The molecule has 140 valence electrons. The van der Waals surface area contributed by atoms with Crippen molar-refractivity contribution in [2.45, 2.75) is 37.8 Å². The van der Waals surface area contributed by atoms with E-state index in [2.05, 4.69) is 5.10 Å². The normalized spacial score (nSPS) is 17.2. The Labute approximate surface area is 152 Å². The molecule has 0 spiro atoms. The van der Waals surface area contributed by atoms with E-state index < -0.39 is 21.9 Å². The van der Waals surface area contributed by atoms with Crippen LogP contribution in [0.25, 0.3) is 0 Å². The van der Waals surface area contributed by atoms with Gasteiger partial charge in [-0.2, -0.15) is 5.10 Å². The first-order valence-corrected chi connectivity index (χ1v) is 9.60. The van der Waals surface area contributed by atoms with E-state index >= 15 is 0 Å². The molecule has 0 fully saturated rings. The molecule has 3 rings (SSSR count). The van der Waals surface area contributed by atoms with Crippen LogP contribution in [0.3, 0.4) is 0 Å². The van der Waals surface area contributed by atoms with E-state index in [1.54, 1.807) is 38.1 Å².